The lowest BCUT2D eigenvalue weighted by Gasteiger charge is -2.25. The number of carbonyl (C=O) groups excluding carboxylic acids is 2. The van der Waals surface area contributed by atoms with Gasteiger partial charge in [-0.05, 0) is 11.6 Å². The van der Waals surface area contributed by atoms with Crippen LogP contribution in [0.15, 0.2) is 60.3 Å². The number of benzene rings is 2. The van der Waals surface area contributed by atoms with E-state index >= 15 is 0 Å². The molecule has 7 heteroatoms. The number of carbonyl (C=O) groups is 2. The molecular formula is C23H25FN2O4. The Balaban J connectivity index is 2.03. The summed E-state index contributed by atoms with van der Waals surface area (Å²) in [6.07, 6.45) is 0. The van der Waals surface area contributed by atoms with E-state index in [1.807, 2.05) is 18.2 Å². The van der Waals surface area contributed by atoms with Crippen molar-refractivity contribution in [2.75, 3.05) is 40.5 Å². The monoisotopic (exact) mass is 412 g/mol. The van der Waals surface area contributed by atoms with Crippen molar-refractivity contribution in [2.45, 2.75) is 6.54 Å². The van der Waals surface area contributed by atoms with Crippen LogP contribution in [0, 0.1) is 5.82 Å². The van der Waals surface area contributed by atoms with Gasteiger partial charge in [0.25, 0.3) is 11.8 Å². The molecule has 0 aliphatic carbocycles. The third kappa shape index (κ3) is 4.58. The van der Waals surface area contributed by atoms with E-state index in [-0.39, 0.29) is 17.8 Å². The van der Waals surface area contributed by atoms with Crippen LogP contribution in [-0.4, -0.2) is 62.1 Å². The summed E-state index contributed by atoms with van der Waals surface area (Å²) in [5.41, 5.74) is 1.52. The van der Waals surface area contributed by atoms with Crippen molar-refractivity contribution < 1.29 is 23.5 Å². The van der Waals surface area contributed by atoms with Crippen molar-refractivity contribution >= 4 is 17.4 Å². The van der Waals surface area contributed by atoms with Gasteiger partial charge in [-0.25, -0.2) is 4.39 Å². The third-order valence-corrected chi connectivity index (χ3v) is 4.94. The topological polar surface area (TPSA) is 59.1 Å². The lowest BCUT2D eigenvalue weighted by atomic mass is 10.0. The van der Waals surface area contributed by atoms with Gasteiger partial charge in [-0.2, -0.15) is 0 Å². The van der Waals surface area contributed by atoms with Gasteiger partial charge in [-0.3, -0.25) is 14.5 Å². The number of ether oxygens (including phenoxy) is 2. The molecule has 30 heavy (non-hydrogen) atoms. The zero-order valence-corrected chi connectivity index (χ0v) is 17.1. The molecule has 2 aromatic rings. The van der Waals surface area contributed by atoms with E-state index < -0.39 is 17.6 Å². The number of imide groups is 1. The first-order valence-electron chi connectivity index (χ1n) is 9.70. The molecule has 0 aromatic heterocycles. The molecule has 0 radical (unpaired) electrons. The van der Waals surface area contributed by atoms with Crippen molar-refractivity contribution in [3.63, 3.8) is 0 Å². The molecule has 0 saturated carbocycles. The van der Waals surface area contributed by atoms with Crippen molar-refractivity contribution in [1.82, 2.24) is 9.80 Å². The minimum Gasteiger partial charge on any atom is -0.383 e. The standard InChI is InChI=1S/C23H25FN2O4/c1-29-14-12-25(13-15-30-2)21-20(17-8-4-3-5-9-17)22(27)26(23(21)28)16-18-10-6-7-11-19(18)24/h3-11H,12-16H2,1-2H3. The maximum atomic E-state index is 14.2. The number of hydrogen-bond acceptors (Lipinski definition) is 5. The molecule has 3 rings (SSSR count). The van der Waals surface area contributed by atoms with Gasteiger partial charge in [-0.15, -0.1) is 0 Å². The van der Waals surface area contributed by atoms with Crippen molar-refractivity contribution in [3.05, 3.63) is 77.2 Å². The number of nitrogens with zero attached hydrogens (tertiary/aromatic N) is 2. The van der Waals surface area contributed by atoms with Crippen LogP contribution in [0.4, 0.5) is 4.39 Å². The Morgan fingerprint density at radius 2 is 1.47 bits per heavy atom. The molecule has 158 valence electrons. The molecule has 2 aromatic carbocycles. The molecule has 1 aliphatic rings. The van der Waals surface area contributed by atoms with Crippen LogP contribution < -0.4 is 0 Å². The molecule has 0 saturated heterocycles. The molecule has 0 unspecified atom stereocenters. The molecule has 0 spiro atoms. The van der Waals surface area contributed by atoms with Gasteiger partial charge >= 0.3 is 0 Å². The van der Waals surface area contributed by atoms with E-state index in [1.54, 1.807) is 49.5 Å². The lowest BCUT2D eigenvalue weighted by Crippen LogP contribution is -2.37. The second kappa shape index (κ2) is 10.1. The average molecular weight is 412 g/mol. The Labute approximate surface area is 175 Å². The molecular weight excluding hydrogens is 387 g/mol. The SMILES string of the molecule is COCCN(CCOC)C1=C(c2ccccc2)C(=O)N(Cc2ccccc2F)C1=O. The van der Waals surface area contributed by atoms with Gasteiger partial charge < -0.3 is 14.4 Å². The minimum absolute atomic E-state index is 0.132. The fourth-order valence-electron chi connectivity index (χ4n) is 3.40. The van der Waals surface area contributed by atoms with Crippen LogP contribution in [-0.2, 0) is 25.6 Å². The molecule has 1 heterocycles. The van der Waals surface area contributed by atoms with Gasteiger partial charge in [-0.1, -0.05) is 48.5 Å². The number of halogens is 1. The van der Waals surface area contributed by atoms with Crippen molar-refractivity contribution in [3.8, 4) is 0 Å². The summed E-state index contributed by atoms with van der Waals surface area (Å²) in [4.78, 5) is 29.6. The third-order valence-electron chi connectivity index (χ3n) is 4.94. The summed E-state index contributed by atoms with van der Waals surface area (Å²) in [5, 5.41) is 0. The van der Waals surface area contributed by atoms with Crippen LogP contribution in [0.3, 0.4) is 0 Å². The maximum absolute atomic E-state index is 14.2. The number of methoxy groups -OCH3 is 2. The highest BCUT2D eigenvalue weighted by Crippen LogP contribution is 2.32. The fraction of sp³-hybridized carbons (Fsp3) is 0.304. The van der Waals surface area contributed by atoms with E-state index in [0.29, 0.717) is 37.4 Å². The summed E-state index contributed by atoms with van der Waals surface area (Å²) in [5.74, 6) is -1.35. The number of hydrogen-bond donors (Lipinski definition) is 0. The highest BCUT2D eigenvalue weighted by atomic mass is 19.1. The van der Waals surface area contributed by atoms with Gasteiger partial charge in [0.1, 0.15) is 11.5 Å². The minimum atomic E-state index is -0.455. The van der Waals surface area contributed by atoms with Gasteiger partial charge in [0.05, 0.1) is 25.3 Å². The summed E-state index contributed by atoms with van der Waals surface area (Å²) in [6.45, 7) is 1.46. The second-order valence-electron chi connectivity index (χ2n) is 6.85. The first kappa shape index (κ1) is 21.7. The van der Waals surface area contributed by atoms with E-state index in [0.717, 1.165) is 4.90 Å². The van der Waals surface area contributed by atoms with E-state index in [9.17, 15) is 14.0 Å². The number of rotatable bonds is 10. The zero-order valence-electron chi connectivity index (χ0n) is 17.1. The van der Waals surface area contributed by atoms with Crippen molar-refractivity contribution in [2.24, 2.45) is 0 Å². The Hall–Kier alpha value is -3.03. The summed E-state index contributed by atoms with van der Waals surface area (Å²) in [6, 6.07) is 15.2. The fourth-order valence-corrected chi connectivity index (χ4v) is 3.40. The molecule has 6 nitrogen and oxygen atoms in total. The van der Waals surface area contributed by atoms with Gasteiger partial charge in [0, 0.05) is 32.9 Å². The van der Waals surface area contributed by atoms with Crippen LogP contribution in [0.25, 0.3) is 5.57 Å². The largest absolute Gasteiger partial charge is 0.383 e. The Morgan fingerprint density at radius 1 is 0.867 bits per heavy atom. The summed E-state index contributed by atoms with van der Waals surface area (Å²) in [7, 11) is 3.15. The molecule has 1 aliphatic heterocycles. The Kier molecular flexibility index (Phi) is 7.32. The van der Waals surface area contributed by atoms with E-state index in [4.69, 9.17) is 9.47 Å². The maximum Gasteiger partial charge on any atom is 0.278 e. The van der Waals surface area contributed by atoms with Crippen LogP contribution in [0.1, 0.15) is 11.1 Å². The normalized spacial score (nSPS) is 14.0. The summed E-state index contributed by atoms with van der Waals surface area (Å²) < 4.78 is 24.6. The predicted octanol–water partition coefficient (Wildman–Crippen LogP) is 2.70. The lowest BCUT2D eigenvalue weighted by molar-refractivity contribution is -0.138. The van der Waals surface area contributed by atoms with Gasteiger partial charge in [0.15, 0.2) is 0 Å². The van der Waals surface area contributed by atoms with Crippen molar-refractivity contribution in [1.29, 1.82) is 0 Å². The average Bonchev–Trinajstić information content (AvgIpc) is 3.01. The molecule has 0 fully saturated rings. The smallest absolute Gasteiger partial charge is 0.278 e. The Morgan fingerprint density at radius 3 is 2.07 bits per heavy atom. The highest BCUT2D eigenvalue weighted by Gasteiger charge is 2.41. The van der Waals surface area contributed by atoms with Crippen LogP contribution in [0.5, 0.6) is 0 Å². The Bertz CT molecular complexity index is 922. The van der Waals surface area contributed by atoms with Crippen LogP contribution in [0.2, 0.25) is 0 Å². The van der Waals surface area contributed by atoms with E-state index in [1.165, 1.54) is 6.07 Å². The zero-order chi connectivity index (χ0) is 21.5. The number of amides is 2. The van der Waals surface area contributed by atoms with E-state index in [2.05, 4.69) is 0 Å². The highest BCUT2D eigenvalue weighted by molar-refractivity contribution is 6.35. The second-order valence-corrected chi connectivity index (χ2v) is 6.85. The molecule has 0 N–H and O–H groups in total. The first-order valence-corrected chi connectivity index (χ1v) is 9.70. The first-order chi connectivity index (χ1) is 14.6. The quantitative estimate of drug-likeness (QED) is 0.562. The van der Waals surface area contributed by atoms with Gasteiger partial charge in [0.2, 0.25) is 0 Å². The molecule has 2 amide bonds. The molecule has 0 atom stereocenters. The predicted molar refractivity (Wildman–Crippen MR) is 111 cm³/mol. The van der Waals surface area contributed by atoms with Crippen LogP contribution >= 0.6 is 0 Å². The summed E-state index contributed by atoms with van der Waals surface area (Å²) >= 11 is 0. The molecule has 0 bridgehead atoms.